The van der Waals surface area contributed by atoms with Gasteiger partial charge in [-0.2, -0.15) is 0 Å². The quantitative estimate of drug-likeness (QED) is 0.693. The van der Waals surface area contributed by atoms with Gasteiger partial charge in [0, 0.05) is 33.2 Å². The van der Waals surface area contributed by atoms with Crippen molar-refractivity contribution in [2.24, 2.45) is 5.92 Å². The van der Waals surface area contributed by atoms with E-state index in [4.69, 9.17) is 9.15 Å². The summed E-state index contributed by atoms with van der Waals surface area (Å²) in [7, 11) is 1.60. The van der Waals surface area contributed by atoms with Gasteiger partial charge in [-0.1, -0.05) is 20.8 Å². The maximum Gasteiger partial charge on any atom is 0.287 e. The number of hydrogen-bond acceptors (Lipinski definition) is 6. The van der Waals surface area contributed by atoms with E-state index in [1.807, 2.05) is 0 Å². The number of aromatic nitrogens is 3. The SMILES string of the molecule is CCCN1CCc2nnc([C@H](CC(C)C)NC(=O)c3ccc(COC)o3)n2CC1. The summed E-state index contributed by atoms with van der Waals surface area (Å²) in [6.45, 7) is 10.8. The van der Waals surface area contributed by atoms with Gasteiger partial charge in [-0.3, -0.25) is 4.79 Å². The van der Waals surface area contributed by atoms with Crippen molar-refractivity contribution < 1.29 is 13.9 Å². The van der Waals surface area contributed by atoms with Crippen molar-refractivity contribution in [1.82, 2.24) is 25.0 Å². The van der Waals surface area contributed by atoms with Gasteiger partial charge in [0.25, 0.3) is 5.91 Å². The first-order chi connectivity index (χ1) is 14.0. The van der Waals surface area contributed by atoms with Crippen molar-refractivity contribution in [2.45, 2.75) is 59.2 Å². The van der Waals surface area contributed by atoms with Crippen LogP contribution >= 0.6 is 0 Å². The second-order valence-corrected chi connectivity index (χ2v) is 8.07. The summed E-state index contributed by atoms with van der Waals surface area (Å²) in [5, 5.41) is 12.0. The van der Waals surface area contributed by atoms with E-state index >= 15 is 0 Å². The van der Waals surface area contributed by atoms with Crippen molar-refractivity contribution >= 4 is 5.91 Å². The molecule has 1 N–H and O–H groups in total. The Morgan fingerprint density at radius 3 is 2.83 bits per heavy atom. The van der Waals surface area contributed by atoms with Crippen molar-refractivity contribution in [3.05, 3.63) is 35.3 Å². The number of amides is 1. The van der Waals surface area contributed by atoms with Crippen LogP contribution in [0.15, 0.2) is 16.5 Å². The molecule has 0 fully saturated rings. The molecule has 2 aromatic heterocycles. The Balaban J connectivity index is 1.77. The van der Waals surface area contributed by atoms with E-state index in [0.29, 0.717) is 18.3 Å². The number of fused-ring (bicyclic) bond motifs is 1. The van der Waals surface area contributed by atoms with E-state index in [9.17, 15) is 4.79 Å². The minimum atomic E-state index is -0.239. The molecule has 29 heavy (non-hydrogen) atoms. The van der Waals surface area contributed by atoms with Gasteiger partial charge in [0.15, 0.2) is 11.6 Å². The zero-order chi connectivity index (χ0) is 20.8. The number of nitrogens with one attached hydrogen (secondary N) is 1. The fourth-order valence-electron chi connectivity index (χ4n) is 3.84. The molecule has 2 aromatic rings. The summed E-state index contributed by atoms with van der Waals surface area (Å²) in [5.74, 6) is 2.92. The van der Waals surface area contributed by atoms with Gasteiger partial charge in [-0.05, 0) is 37.4 Å². The van der Waals surface area contributed by atoms with Crippen LogP contribution in [0.1, 0.15) is 67.6 Å². The van der Waals surface area contributed by atoms with Gasteiger partial charge in [-0.25, -0.2) is 0 Å². The fraction of sp³-hybridized carbons (Fsp3) is 0.667. The third-order valence-electron chi connectivity index (χ3n) is 5.18. The maximum absolute atomic E-state index is 12.8. The molecule has 0 aromatic carbocycles. The lowest BCUT2D eigenvalue weighted by atomic mass is 10.0. The average molecular weight is 404 g/mol. The first-order valence-corrected chi connectivity index (χ1v) is 10.5. The second kappa shape index (κ2) is 10.0. The molecule has 0 radical (unpaired) electrons. The maximum atomic E-state index is 12.8. The van der Waals surface area contributed by atoms with E-state index in [-0.39, 0.29) is 17.7 Å². The van der Waals surface area contributed by atoms with Crippen LogP contribution in [0.25, 0.3) is 0 Å². The Morgan fingerprint density at radius 1 is 1.28 bits per heavy atom. The molecule has 160 valence electrons. The van der Waals surface area contributed by atoms with Crippen LogP contribution < -0.4 is 5.32 Å². The molecular formula is C21H33N5O3. The fourth-order valence-corrected chi connectivity index (χ4v) is 3.84. The highest BCUT2D eigenvalue weighted by atomic mass is 16.5. The van der Waals surface area contributed by atoms with Crippen LogP contribution in [0.5, 0.6) is 0 Å². The Hall–Kier alpha value is -2.19. The molecule has 0 unspecified atom stereocenters. The molecule has 0 spiro atoms. The monoisotopic (exact) mass is 403 g/mol. The highest BCUT2D eigenvalue weighted by molar-refractivity contribution is 5.91. The van der Waals surface area contributed by atoms with Crippen LogP contribution in [0, 0.1) is 5.92 Å². The Bertz CT molecular complexity index is 798. The smallest absolute Gasteiger partial charge is 0.287 e. The van der Waals surface area contributed by atoms with Crippen LogP contribution in [-0.2, 0) is 24.3 Å². The zero-order valence-corrected chi connectivity index (χ0v) is 18.0. The number of ether oxygens (including phenoxy) is 1. The van der Waals surface area contributed by atoms with Gasteiger partial charge in [-0.15, -0.1) is 10.2 Å². The minimum absolute atomic E-state index is 0.211. The molecule has 0 saturated heterocycles. The van der Waals surface area contributed by atoms with Gasteiger partial charge in [0.2, 0.25) is 0 Å². The summed E-state index contributed by atoms with van der Waals surface area (Å²) >= 11 is 0. The summed E-state index contributed by atoms with van der Waals surface area (Å²) in [5.41, 5.74) is 0. The normalized spacial score (nSPS) is 15.9. The van der Waals surface area contributed by atoms with Gasteiger partial charge in [0.1, 0.15) is 18.2 Å². The number of hydrogen-bond donors (Lipinski definition) is 1. The summed E-state index contributed by atoms with van der Waals surface area (Å²) in [6, 6.07) is 3.24. The highest BCUT2D eigenvalue weighted by Gasteiger charge is 2.27. The standard InChI is InChI=1S/C21H33N5O3/c1-5-9-25-10-8-19-23-24-20(26(19)12-11-25)17(13-15(2)3)22-21(27)18-7-6-16(29-18)14-28-4/h6-7,15,17H,5,8-14H2,1-4H3,(H,22,27)/t17-/m0/s1. The number of rotatable bonds is 9. The van der Waals surface area contributed by atoms with Gasteiger partial charge >= 0.3 is 0 Å². The van der Waals surface area contributed by atoms with Crippen molar-refractivity contribution in [3.8, 4) is 0 Å². The third-order valence-corrected chi connectivity index (χ3v) is 5.18. The van der Waals surface area contributed by atoms with Crippen LogP contribution in [0.3, 0.4) is 0 Å². The lowest BCUT2D eigenvalue weighted by Gasteiger charge is -2.21. The Kier molecular flexibility index (Phi) is 7.44. The molecule has 3 heterocycles. The summed E-state index contributed by atoms with van der Waals surface area (Å²) in [6.07, 6.45) is 2.82. The topological polar surface area (TPSA) is 85.4 Å². The van der Waals surface area contributed by atoms with E-state index in [1.165, 1.54) is 0 Å². The number of carbonyl (C=O) groups excluding carboxylic acids is 1. The second-order valence-electron chi connectivity index (χ2n) is 8.07. The van der Waals surface area contributed by atoms with E-state index in [0.717, 1.165) is 57.1 Å². The molecule has 0 saturated carbocycles. The largest absolute Gasteiger partial charge is 0.453 e. The Labute approximate surface area is 172 Å². The molecule has 1 aliphatic heterocycles. The van der Waals surface area contributed by atoms with Gasteiger partial charge in [0.05, 0.1) is 6.04 Å². The van der Waals surface area contributed by atoms with Crippen LogP contribution in [0.4, 0.5) is 0 Å². The zero-order valence-electron chi connectivity index (χ0n) is 18.0. The van der Waals surface area contributed by atoms with E-state index < -0.39 is 0 Å². The Morgan fingerprint density at radius 2 is 2.10 bits per heavy atom. The molecule has 1 atom stereocenters. The molecule has 0 aliphatic carbocycles. The van der Waals surface area contributed by atoms with Crippen molar-refractivity contribution in [1.29, 1.82) is 0 Å². The van der Waals surface area contributed by atoms with Crippen LogP contribution in [0.2, 0.25) is 0 Å². The number of nitrogens with zero attached hydrogens (tertiary/aromatic N) is 4. The average Bonchev–Trinajstić information content (AvgIpc) is 3.26. The van der Waals surface area contributed by atoms with E-state index in [1.54, 1.807) is 19.2 Å². The van der Waals surface area contributed by atoms with Gasteiger partial charge < -0.3 is 23.9 Å². The molecule has 1 aliphatic rings. The molecule has 8 nitrogen and oxygen atoms in total. The number of carbonyl (C=O) groups is 1. The third kappa shape index (κ3) is 5.45. The predicted octanol–water partition coefficient (Wildman–Crippen LogP) is 2.80. The predicted molar refractivity (Wildman–Crippen MR) is 110 cm³/mol. The lowest BCUT2D eigenvalue weighted by Crippen LogP contribution is -2.32. The highest BCUT2D eigenvalue weighted by Crippen LogP contribution is 2.23. The number of furan rings is 1. The van der Waals surface area contributed by atoms with Crippen molar-refractivity contribution in [3.63, 3.8) is 0 Å². The molecule has 0 bridgehead atoms. The van der Waals surface area contributed by atoms with Crippen LogP contribution in [-0.4, -0.2) is 52.3 Å². The molecule has 3 rings (SSSR count). The molecule has 8 heteroatoms. The molecule has 1 amide bonds. The van der Waals surface area contributed by atoms with Crippen molar-refractivity contribution in [2.75, 3.05) is 26.7 Å². The summed E-state index contributed by atoms with van der Waals surface area (Å²) < 4.78 is 12.9. The van der Waals surface area contributed by atoms with E-state index in [2.05, 4.69) is 45.8 Å². The first-order valence-electron chi connectivity index (χ1n) is 10.5. The summed E-state index contributed by atoms with van der Waals surface area (Å²) in [4.78, 5) is 15.3. The first kappa shape index (κ1) is 21.5. The lowest BCUT2D eigenvalue weighted by molar-refractivity contribution is 0.0892. The minimum Gasteiger partial charge on any atom is -0.453 e. The number of methoxy groups -OCH3 is 1. The molecular weight excluding hydrogens is 370 g/mol.